The molecule has 0 heterocycles. The molecule has 0 spiro atoms. The highest BCUT2D eigenvalue weighted by atomic mass is 19.2. The van der Waals surface area contributed by atoms with Gasteiger partial charge in [0, 0.05) is 12.7 Å². The minimum atomic E-state index is -1.12. The predicted molar refractivity (Wildman–Crippen MR) is 68.7 cm³/mol. The first-order valence-electron chi connectivity index (χ1n) is 6.80. The first-order valence-corrected chi connectivity index (χ1v) is 6.80. The van der Waals surface area contributed by atoms with Gasteiger partial charge in [-0.05, 0) is 24.8 Å². The minimum absolute atomic E-state index is 0.0163. The van der Waals surface area contributed by atoms with E-state index in [0.717, 1.165) is 31.7 Å². The summed E-state index contributed by atoms with van der Waals surface area (Å²) in [6.07, 6.45) is 3.72. The molecule has 2 unspecified atom stereocenters. The number of rotatable bonds is 4. The lowest BCUT2D eigenvalue weighted by Crippen LogP contribution is -2.32. The number of aliphatic hydroxyl groups is 1. The van der Waals surface area contributed by atoms with Crippen LogP contribution in [0.3, 0.4) is 0 Å². The minimum Gasteiger partial charge on any atom is -0.386 e. The largest absolute Gasteiger partial charge is 0.386 e. The lowest BCUT2D eigenvalue weighted by molar-refractivity contribution is -0.0573. The predicted octanol–water partition coefficient (Wildman–Crippen LogP) is 3.59. The van der Waals surface area contributed by atoms with Crippen molar-refractivity contribution >= 4 is 0 Å². The Morgan fingerprint density at radius 3 is 2.53 bits per heavy atom. The van der Waals surface area contributed by atoms with Crippen LogP contribution < -0.4 is 0 Å². The normalized spacial score (nSPS) is 20.2. The van der Waals surface area contributed by atoms with E-state index >= 15 is 0 Å². The average Bonchev–Trinajstić information content (AvgIpc) is 2.44. The van der Waals surface area contributed by atoms with E-state index in [1.54, 1.807) is 0 Å². The Balaban J connectivity index is 2.19. The molecule has 0 aromatic heterocycles. The molecule has 2 rings (SSSR count). The van der Waals surface area contributed by atoms with Crippen molar-refractivity contribution < 1.29 is 18.6 Å². The summed E-state index contributed by atoms with van der Waals surface area (Å²) in [6, 6.07) is 3.87. The molecule has 19 heavy (non-hydrogen) atoms. The molecule has 1 aromatic carbocycles. The summed E-state index contributed by atoms with van der Waals surface area (Å²) in [5.74, 6) is -1.71. The van der Waals surface area contributed by atoms with Crippen molar-refractivity contribution in [3.8, 4) is 0 Å². The monoisotopic (exact) mass is 270 g/mol. The lowest BCUT2D eigenvalue weighted by atomic mass is 9.82. The van der Waals surface area contributed by atoms with E-state index < -0.39 is 23.8 Å². The van der Waals surface area contributed by atoms with Crippen LogP contribution in [0.5, 0.6) is 0 Å². The standard InChI is InChI=1S/C15H20F2O2/c1-19-15(10-6-3-2-4-7-10)14(18)11-8-5-9-12(16)13(11)17/h5,8-10,14-15,18H,2-4,6-7H2,1H3. The number of hydrogen-bond acceptors (Lipinski definition) is 2. The van der Waals surface area contributed by atoms with Crippen LogP contribution in [0.2, 0.25) is 0 Å². The zero-order chi connectivity index (χ0) is 13.8. The fourth-order valence-electron chi connectivity index (χ4n) is 2.97. The van der Waals surface area contributed by atoms with Gasteiger partial charge in [0.25, 0.3) is 0 Å². The van der Waals surface area contributed by atoms with Gasteiger partial charge in [-0.3, -0.25) is 0 Å². The maximum atomic E-state index is 13.7. The number of ether oxygens (including phenoxy) is 1. The molecule has 1 aromatic rings. The Bertz CT molecular complexity index is 417. The first-order chi connectivity index (χ1) is 9.15. The molecular formula is C15H20F2O2. The molecule has 1 N–H and O–H groups in total. The summed E-state index contributed by atoms with van der Waals surface area (Å²) in [6.45, 7) is 0. The Kier molecular flexibility index (Phi) is 4.88. The number of aliphatic hydroxyl groups excluding tert-OH is 1. The number of halogens is 2. The highest BCUT2D eigenvalue weighted by Crippen LogP contribution is 2.35. The first kappa shape index (κ1) is 14.4. The molecule has 2 nitrogen and oxygen atoms in total. The molecule has 1 aliphatic rings. The third kappa shape index (κ3) is 3.12. The molecule has 2 atom stereocenters. The maximum absolute atomic E-state index is 13.7. The van der Waals surface area contributed by atoms with Crippen molar-refractivity contribution in [2.24, 2.45) is 5.92 Å². The molecule has 106 valence electrons. The summed E-state index contributed by atoms with van der Waals surface area (Å²) in [5, 5.41) is 10.3. The van der Waals surface area contributed by atoms with E-state index in [2.05, 4.69) is 0 Å². The second-order valence-electron chi connectivity index (χ2n) is 5.19. The van der Waals surface area contributed by atoms with E-state index in [1.807, 2.05) is 0 Å². The zero-order valence-electron chi connectivity index (χ0n) is 11.1. The molecular weight excluding hydrogens is 250 g/mol. The third-order valence-corrected chi connectivity index (χ3v) is 4.00. The van der Waals surface area contributed by atoms with Gasteiger partial charge in [0.1, 0.15) is 6.10 Å². The molecule has 0 saturated heterocycles. The van der Waals surface area contributed by atoms with Crippen LogP contribution in [0.4, 0.5) is 8.78 Å². The van der Waals surface area contributed by atoms with Gasteiger partial charge in [-0.15, -0.1) is 0 Å². The van der Waals surface area contributed by atoms with Gasteiger partial charge < -0.3 is 9.84 Å². The van der Waals surface area contributed by atoms with Crippen LogP contribution in [0.25, 0.3) is 0 Å². The van der Waals surface area contributed by atoms with Crippen molar-refractivity contribution in [3.05, 3.63) is 35.4 Å². The lowest BCUT2D eigenvalue weighted by Gasteiger charge is -2.32. The highest BCUT2D eigenvalue weighted by molar-refractivity contribution is 5.22. The van der Waals surface area contributed by atoms with Gasteiger partial charge in [-0.2, -0.15) is 0 Å². The average molecular weight is 270 g/mol. The van der Waals surface area contributed by atoms with Gasteiger partial charge in [-0.25, -0.2) is 8.78 Å². The van der Waals surface area contributed by atoms with E-state index in [0.29, 0.717) is 0 Å². The van der Waals surface area contributed by atoms with Crippen LogP contribution in [0.15, 0.2) is 18.2 Å². The summed E-state index contributed by atoms with van der Waals surface area (Å²) in [7, 11) is 1.51. The molecule has 1 fully saturated rings. The molecule has 0 aliphatic heterocycles. The zero-order valence-corrected chi connectivity index (χ0v) is 11.1. The van der Waals surface area contributed by atoms with Crippen LogP contribution in [-0.4, -0.2) is 18.3 Å². The fourth-order valence-corrected chi connectivity index (χ4v) is 2.97. The van der Waals surface area contributed by atoms with Crippen molar-refractivity contribution in [2.45, 2.75) is 44.3 Å². The van der Waals surface area contributed by atoms with Crippen molar-refractivity contribution in [1.29, 1.82) is 0 Å². The van der Waals surface area contributed by atoms with Crippen molar-refractivity contribution in [3.63, 3.8) is 0 Å². The van der Waals surface area contributed by atoms with Crippen molar-refractivity contribution in [1.82, 2.24) is 0 Å². The van der Waals surface area contributed by atoms with E-state index in [-0.39, 0.29) is 11.5 Å². The third-order valence-electron chi connectivity index (χ3n) is 4.00. The van der Waals surface area contributed by atoms with Gasteiger partial charge in [0.05, 0.1) is 6.10 Å². The second kappa shape index (κ2) is 6.44. The second-order valence-corrected chi connectivity index (χ2v) is 5.19. The quantitative estimate of drug-likeness (QED) is 0.906. The van der Waals surface area contributed by atoms with Crippen LogP contribution in [0.1, 0.15) is 43.8 Å². The fraction of sp³-hybridized carbons (Fsp3) is 0.600. The summed E-state index contributed by atoms with van der Waals surface area (Å²) >= 11 is 0. The smallest absolute Gasteiger partial charge is 0.164 e. The summed E-state index contributed by atoms with van der Waals surface area (Å²) in [5.41, 5.74) is -0.0163. The van der Waals surface area contributed by atoms with Gasteiger partial charge in [-0.1, -0.05) is 31.4 Å². The van der Waals surface area contributed by atoms with Gasteiger partial charge in [0.15, 0.2) is 11.6 Å². The number of benzene rings is 1. The van der Waals surface area contributed by atoms with E-state index in [4.69, 9.17) is 4.74 Å². The summed E-state index contributed by atoms with van der Waals surface area (Å²) in [4.78, 5) is 0. The molecule has 0 bridgehead atoms. The molecule has 1 saturated carbocycles. The van der Waals surface area contributed by atoms with Crippen molar-refractivity contribution in [2.75, 3.05) is 7.11 Å². The van der Waals surface area contributed by atoms with E-state index in [1.165, 1.54) is 25.7 Å². The van der Waals surface area contributed by atoms with E-state index in [9.17, 15) is 13.9 Å². The number of hydrogen-bond donors (Lipinski definition) is 1. The Labute approximate surface area is 112 Å². The maximum Gasteiger partial charge on any atom is 0.164 e. The summed E-state index contributed by atoms with van der Waals surface area (Å²) < 4.78 is 32.3. The topological polar surface area (TPSA) is 29.5 Å². The number of methoxy groups -OCH3 is 1. The van der Waals surface area contributed by atoms with Crippen LogP contribution in [0, 0.1) is 17.6 Å². The Hall–Kier alpha value is -1.00. The molecule has 0 amide bonds. The van der Waals surface area contributed by atoms with Gasteiger partial charge >= 0.3 is 0 Å². The van der Waals surface area contributed by atoms with Crippen LogP contribution >= 0.6 is 0 Å². The van der Waals surface area contributed by atoms with Crippen LogP contribution in [-0.2, 0) is 4.74 Å². The Morgan fingerprint density at radius 2 is 1.89 bits per heavy atom. The molecule has 1 aliphatic carbocycles. The SMILES string of the molecule is COC(C1CCCCC1)C(O)c1cccc(F)c1F. The highest BCUT2D eigenvalue weighted by Gasteiger charge is 2.32. The van der Waals surface area contributed by atoms with Gasteiger partial charge in [0.2, 0.25) is 0 Å². The Morgan fingerprint density at radius 1 is 1.21 bits per heavy atom. The molecule has 0 radical (unpaired) electrons. The molecule has 4 heteroatoms.